The van der Waals surface area contributed by atoms with Gasteiger partial charge in [0.15, 0.2) is 0 Å². The van der Waals surface area contributed by atoms with Crippen LogP contribution in [0.1, 0.15) is 214 Å². The van der Waals surface area contributed by atoms with E-state index < -0.39 is 29.5 Å². The van der Waals surface area contributed by atoms with Crippen molar-refractivity contribution in [2.24, 2.45) is 5.41 Å². The van der Waals surface area contributed by atoms with E-state index in [1.165, 1.54) is 122 Å². The van der Waals surface area contributed by atoms with Gasteiger partial charge in [0.1, 0.15) is 25.4 Å². The number of nitrogens with one attached hydrogen (secondary N) is 1. The fourth-order valence-corrected chi connectivity index (χ4v) is 6.43. The molecule has 0 aliphatic rings. The number of carbonyl (C=O) groups is 3. The number of aliphatic hydroxyl groups excluding tert-OH is 2. The van der Waals surface area contributed by atoms with Crippen LogP contribution in [-0.2, 0) is 28.6 Å². The minimum Gasteiger partial charge on any atom is -0.463 e. The highest BCUT2D eigenvalue weighted by molar-refractivity contribution is 5.81. The summed E-state index contributed by atoms with van der Waals surface area (Å²) in [6.45, 7) is 7.75. The first-order chi connectivity index (χ1) is 27.7. The Bertz CT molecular complexity index is 997. The largest absolute Gasteiger partial charge is 0.463 e. The lowest BCUT2D eigenvalue weighted by molar-refractivity contribution is -0.155. The van der Waals surface area contributed by atoms with Crippen molar-refractivity contribution in [1.29, 1.82) is 0 Å². The van der Waals surface area contributed by atoms with E-state index in [1.54, 1.807) is 13.8 Å². The van der Waals surface area contributed by atoms with Gasteiger partial charge in [0.25, 0.3) is 0 Å². The summed E-state index contributed by atoms with van der Waals surface area (Å²) in [5.41, 5.74) is -0.999. The Hall–Kier alpha value is -2.23. The molecular formula is C48H89NO8. The van der Waals surface area contributed by atoms with E-state index >= 15 is 0 Å². The first kappa shape index (κ1) is 54.8. The number of unbranched alkanes of at least 4 members (excludes halogenated alkanes) is 23. The van der Waals surface area contributed by atoms with Crippen LogP contribution in [-0.4, -0.2) is 73.2 Å². The Balaban J connectivity index is 4.38. The van der Waals surface area contributed by atoms with Gasteiger partial charge in [-0.3, -0.25) is 14.4 Å². The van der Waals surface area contributed by atoms with Crippen molar-refractivity contribution >= 4 is 17.8 Å². The molecule has 0 aromatic heterocycles. The molecule has 0 aliphatic heterocycles. The van der Waals surface area contributed by atoms with Gasteiger partial charge in [0.05, 0.1) is 13.0 Å². The third-order valence-corrected chi connectivity index (χ3v) is 10.5. The number of hydrogen-bond donors (Lipinski definition) is 3. The Morgan fingerprint density at radius 3 is 1.39 bits per heavy atom. The molecule has 0 bridgehead atoms. The van der Waals surface area contributed by atoms with Crippen molar-refractivity contribution in [3.05, 3.63) is 24.3 Å². The summed E-state index contributed by atoms with van der Waals surface area (Å²) < 4.78 is 17.0. The summed E-state index contributed by atoms with van der Waals surface area (Å²) in [5, 5.41) is 22.1. The van der Waals surface area contributed by atoms with Crippen molar-refractivity contribution in [2.75, 3.05) is 33.0 Å². The zero-order valence-corrected chi connectivity index (χ0v) is 37.3. The predicted octanol–water partition coefficient (Wildman–Crippen LogP) is 11.4. The van der Waals surface area contributed by atoms with Crippen LogP contribution in [0.2, 0.25) is 0 Å². The minimum absolute atomic E-state index is 0.0117. The van der Waals surface area contributed by atoms with Crippen LogP contribution in [0.15, 0.2) is 24.3 Å². The molecule has 0 spiro atoms. The predicted molar refractivity (Wildman–Crippen MR) is 235 cm³/mol. The topological polar surface area (TPSA) is 131 Å². The minimum atomic E-state index is -1.40. The average Bonchev–Trinajstić information content (AvgIpc) is 3.20. The summed E-state index contributed by atoms with van der Waals surface area (Å²) in [4.78, 5) is 37.2. The molecule has 0 saturated heterocycles. The number of esters is 2. The molecule has 0 rings (SSSR count). The molecular weight excluding hydrogens is 719 g/mol. The molecule has 0 aromatic rings. The monoisotopic (exact) mass is 808 g/mol. The molecule has 3 N–H and O–H groups in total. The first-order valence-electron chi connectivity index (χ1n) is 23.5. The van der Waals surface area contributed by atoms with Crippen molar-refractivity contribution in [2.45, 2.75) is 226 Å². The molecule has 0 aliphatic carbocycles. The van der Waals surface area contributed by atoms with Gasteiger partial charge in [-0.2, -0.15) is 0 Å². The zero-order chi connectivity index (χ0) is 42.1. The van der Waals surface area contributed by atoms with Gasteiger partial charge in [-0.15, -0.1) is 0 Å². The van der Waals surface area contributed by atoms with E-state index in [2.05, 4.69) is 43.5 Å². The van der Waals surface area contributed by atoms with Gasteiger partial charge in [-0.25, -0.2) is 0 Å². The fraction of sp³-hybridized carbons (Fsp3) is 0.854. The van der Waals surface area contributed by atoms with Crippen LogP contribution in [0.5, 0.6) is 0 Å². The first-order valence-corrected chi connectivity index (χ1v) is 23.5. The van der Waals surface area contributed by atoms with Crippen molar-refractivity contribution in [1.82, 2.24) is 5.32 Å². The number of carbonyl (C=O) groups excluding carboxylic acids is 3. The molecule has 0 saturated carbocycles. The number of rotatable bonds is 42. The maximum Gasteiger partial charge on any atom is 0.307 e. The molecule has 0 heterocycles. The van der Waals surface area contributed by atoms with E-state index in [0.29, 0.717) is 13.0 Å². The quantitative estimate of drug-likeness (QED) is 0.0316. The summed E-state index contributed by atoms with van der Waals surface area (Å²) in [6, 6.07) is 0. The Morgan fingerprint density at radius 1 is 0.561 bits per heavy atom. The highest BCUT2D eigenvalue weighted by Gasteiger charge is 2.32. The van der Waals surface area contributed by atoms with Crippen LogP contribution < -0.4 is 5.32 Å². The number of aliphatic hydroxyl groups is 2. The molecule has 9 heteroatoms. The molecule has 1 unspecified atom stereocenters. The van der Waals surface area contributed by atoms with Gasteiger partial charge < -0.3 is 29.7 Å². The number of hydrogen-bond acceptors (Lipinski definition) is 8. The lowest BCUT2D eigenvalue weighted by atomic mass is 9.87. The molecule has 2 atom stereocenters. The van der Waals surface area contributed by atoms with Crippen LogP contribution >= 0.6 is 0 Å². The van der Waals surface area contributed by atoms with Crippen LogP contribution in [0.25, 0.3) is 0 Å². The standard InChI is InChI=1S/C48H89NO8/c1-5-7-9-11-13-15-17-19-21-23-25-27-29-31-33-35-39-55-43(41-57-45(52)37-38-49-47(54)46(53)48(3,4)42-50)40-56-44(51)36-34-32-30-28-26-24-22-20-18-16-14-12-10-8-6-2/h19-22,43,46,50,53H,5-18,23-42H2,1-4H3,(H,49,54)/b21-19-,22-20-/t43?,46-/m0/s1. The van der Waals surface area contributed by atoms with Crippen molar-refractivity contribution < 1.29 is 38.8 Å². The number of amides is 1. The number of allylic oxidation sites excluding steroid dienone is 4. The highest BCUT2D eigenvalue weighted by Crippen LogP contribution is 2.19. The molecule has 0 aromatic carbocycles. The maximum atomic E-state index is 12.5. The summed E-state index contributed by atoms with van der Waals surface area (Å²) in [7, 11) is 0. The van der Waals surface area contributed by atoms with E-state index in [9.17, 15) is 24.6 Å². The third-order valence-electron chi connectivity index (χ3n) is 10.5. The lowest BCUT2D eigenvalue weighted by Crippen LogP contribution is -2.46. The molecule has 9 nitrogen and oxygen atoms in total. The van der Waals surface area contributed by atoms with E-state index in [1.807, 2.05) is 0 Å². The van der Waals surface area contributed by atoms with Crippen LogP contribution in [0.4, 0.5) is 0 Å². The van der Waals surface area contributed by atoms with Crippen LogP contribution in [0, 0.1) is 5.41 Å². The average molecular weight is 808 g/mol. The summed E-state index contributed by atoms with van der Waals surface area (Å²) in [5.74, 6) is -1.45. The van der Waals surface area contributed by atoms with Gasteiger partial charge in [-0.1, -0.05) is 161 Å². The van der Waals surface area contributed by atoms with E-state index in [4.69, 9.17) is 14.2 Å². The van der Waals surface area contributed by atoms with E-state index in [-0.39, 0.29) is 38.8 Å². The van der Waals surface area contributed by atoms with Crippen LogP contribution in [0.3, 0.4) is 0 Å². The Morgan fingerprint density at radius 2 is 0.947 bits per heavy atom. The smallest absolute Gasteiger partial charge is 0.307 e. The fourth-order valence-electron chi connectivity index (χ4n) is 6.43. The lowest BCUT2D eigenvalue weighted by Gasteiger charge is -2.27. The summed E-state index contributed by atoms with van der Waals surface area (Å²) >= 11 is 0. The molecule has 334 valence electrons. The van der Waals surface area contributed by atoms with Gasteiger partial charge in [-0.05, 0) is 64.2 Å². The summed E-state index contributed by atoms with van der Waals surface area (Å²) in [6.07, 6.45) is 40.4. The van der Waals surface area contributed by atoms with Crippen molar-refractivity contribution in [3.63, 3.8) is 0 Å². The molecule has 0 radical (unpaired) electrons. The SMILES string of the molecule is CCCCCCCC/C=C\CCCCCCCCOC(COC(=O)CCCCCCC/C=C\CCCCCCCC)COC(=O)CCNC(=O)[C@H](O)C(C)(C)CO. The number of ether oxygens (including phenoxy) is 3. The van der Waals surface area contributed by atoms with Gasteiger partial charge >= 0.3 is 11.9 Å². The molecule has 0 fully saturated rings. The Kier molecular flexibility index (Phi) is 39.0. The second-order valence-electron chi connectivity index (χ2n) is 16.7. The third kappa shape index (κ3) is 36.6. The van der Waals surface area contributed by atoms with Gasteiger partial charge in [0, 0.05) is 25.0 Å². The highest BCUT2D eigenvalue weighted by atomic mass is 16.6. The zero-order valence-electron chi connectivity index (χ0n) is 37.3. The van der Waals surface area contributed by atoms with E-state index in [0.717, 1.165) is 51.4 Å². The maximum absolute atomic E-state index is 12.5. The second kappa shape index (κ2) is 40.5. The normalized spacial score (nSPS) is 13.0. The Labute approximate surface area is 349 Å². The van der Waals surface area contributed by atoms with Gasteiger partial charge in [0.2, 0.25) is 5.91 Å². The molecule has 57 heavy (non-hydrogen) atoms. The second-order valence-corrected chi connectivity index (χ2v) is 16.7. The van der Waals surface area contributed by atoms with Crippen molar-refractivity contribution in [3.8, 4) is 0 Å². The molecule has 1 amide bonds.